The average Bonchev–Trinajstić information content (AvgIpc) is 2.58. The lowest BCUT2D eigenvalue weighted by Crippen LogP contribution is -2.38. The first kappa shape index (κ1) is 20.8. The van der Waals surface area contributed by atoms with Crippen LogP contribution in [0.1, 0.15) is 18.9 Å². The monoisotopic (exact) mass is 351 g/mol. The Morgan fingerprint density at radius 3 is 2.28 bits per heavy atom. The van der Waals surface area contributed by atoms with Crippen LogP contribution >= 0.6 is 0 Å². The minimum atomic E-state index is -0.0918. The second kappa shape index (κ2) is 10.6. The summed E-state index contributed by atoms with van der Waals surface area (Å²) in [5.74, 6) is 1.16. The molecule has 0 saturated heterocycles. The number of nitrogens with one attached hydrogen (secondary N) is 1. The van der Waals surface area contributed by atoms with Crippen LogP contribution in [0, 0.1) is 0 Å². The second-order valence-corrected chi connectivity index (χ2v) is 6.03. The fourth-order valence-electron chi connectivity index (χ4n) is 2.26. The summed E-state index contributed by atoms with van der Waals surface area (Å²) in [6.07, 6.45) is 0.278. The van der Waals surface area contributed by atoms with E-state index in [1.807, 2.05) is 31.1 Å². The van der Waals surface area contributed by atoms with Crippen LogP contribution in [-0.4, -0.2) is 69.6 Å². The Labute approximate surface area is 149 Å². The van der Waals surface area contributed by atoms with Crippen molar-refractivity contribution in [2.75, 3.05) is 47.9 Å². The topological polar surface area (TPSA) is 71.1 Å². The number of rotatable bonds is 10. The van der Waals surface area contributed by atoms with Crippen molar-refractivity contribution in [3.63, 3.8) is 0 Å². The maximum atomic E-state index is 12.0. The van der Waals surface area contributed by atoms with Gasteiger partial charge in [-0.2, -0.15) is 0 Å². The molecule has 0 aliphatic heterocycles. The number of benzene rings is 1. The number of carbonyl (C=O) groups excluding carboxylic acids is 2. The third-order valence-corrected chi connectivity index (χ3v) is 3.81. The zero-order chi connectivity index (χ0) is 18.8. The molecule has 1 aromatic rings. The molecule has 0 radical (unpaired) electrons. The van der Waals surface area contributed by atoms with E-state index < -0.39 is 0 Å². The molecule has 0 aromatic heterocycles. The number of nitrogens with zero attached hydrogens (tertiary/aromatic N) is 2. The third kappa shape index (κ3) is 7.43. The Hall–Kier alpha value is -2.28. The van der Waals surface area contributed by atoms with E-state index in [2.05, 4.69) is 5.32 Å². The van der Waals surface area contributed by atoms with Gasteiger partial charge in [0.15, 0.2) is 11.5 Å². The summed E-state index contributed by atoms with van der Waals surface area (Å²) >= 11 is 0. The molecule has 140 valence electrons. The SMILES string of the molecule is COc1ccc(CNC(=O)CCN(CCN(C)C)C(C)=O)cc1OC. The van der Waals surface area contributed by atoms with E-state index in [-0.39, 0.29) is 18.2 Å². The lowest BCUT2D eigenvalue weighted by atomic mass is 10.2. The highest BCUT2D eigenvalue weighted by molar-refractivity contribution is 5.78. The molecule has 0 fully saturated rings. The van der Waals surface area contributed by atoms with E-state index in [0.29, 0.717) is 31.1 Å². The number of methoxy groups -OCH3 is 2. The van der Waals surface area contributed by atoms with Crippen molar-refractivity contribution in [3.8, 4) is 11.5 Å². The fraction of sp³-hybridized carbons (Fsp3) is 0.556. The largest absolute Gasteiger partial charge is 0.493 e. The summed E-state index contributed by atoms with van der Waals surface area (Å²) < 4.78 is 10.4. The molecule has 25 heavy (non-hydrogen) atoms. The van der Waals surface area contributed by atoms with Crippen LogP contribution in [-0.2, 0) is 16.1 Å². The van der Waals surface area contributed by atoms with Gasteiger partial charge < -0.3 is 24.6 Å². The lowest BCUT2D eigenvalue weighted by molar-refractivity contribution is -0.129. The molecular weight excluding hydrogens is 322 g/mol. The zero-order valence-corrected chi connectivity index (χ0v) is 15.8. The molecule has 1 rings (SSSR count). The first-order chi connectivity index (χ1) is 11.9. The van der Waals surface area contributed by atoms with Crippen molar-refractivity contribution in [1.29, 1.82) is 0 Å². The van der Waals surface area contributed by atoms with Gasteiger partial charge in [0.2, 0.25) is 11.8 Å². The average molecular weight is 351 g/mol. The predicted molar refractivity (Wildman–Crippen MR) is 96.8 cm³/mol. The summed E-state index contributed by atoms with van der Waals surface area (Å²) in [4.78, 5) is 27.4. The van der Waals surface area contributed by atoms with Gasteiger partial charge in [-0.3, -0.25) is 9.59 Å². The highest BCUT2D eigenvalue weighted by atomic mass is 16.5. The Morgan fingerprint density at radius 1 is 1.04 bits per heavy atom. The molecule has 0 aliphatic rings. The normalized spacial score (nSPS) is 10.5. The third-order valence-electron chi connectivity index (χ3n) is 3.81. The molecule has 0 aliphatic carbocycles. The van der Waals surface area contributed by atoms with Crippen molar-refractivity contribution < 1.29 is 19.1 Å². The van der Waals surface area contributed by atoms with Gasteiger partial charge in [0.25, 0.3) is 0 Å². The van der Waals surface area contributed by atoms with Crippen LogP contribution in [0.2, 0.25) is 0 Å². The first-order valence-electron chi connectivity index (χ1n) is 8.25. The summed E-state index contributed by atoms with van der Waals surface area (Å²) in [7, 11) is 7.06. The van der Waals surface area contributed by atoms with E-state index in [9.17, 15) is 9.59 Å². The van der Waals surface area contributed by atoms with Gasteiger partial charge in [-0.05, 0) is 31.8 Å². The van der Waals surface area contributed by atoms with E-state index in [1.165, 1.54) is 6.92 Å². The molecule has 0 bridgehead atoms. The summed E-state index contributed by atoms with van der Waals surface area (Å²) in [5, 5.41) is 2.86. The highest BCUT2D eigenvalue weighted by Crippen LogP contribution is 2.27. The fourth-order valence-corrected chi connectivity index (χ4v) is 2.26. The van der Waals surface area contributed by atoms with E-state index in [1.54, 1.807) is 25.2 Å². The maximum absolute atomic E-state index is 12.0. The lowest BCUT2D eigenvalue weighted by Gasteiger charge is -2.22. The molecule has 7 nitrogen and oxygen atoms in total. The van der Waals surface area contributed by atoms with Gasteiger partial charge in [-0.1, -0.05) is 6.07 Å². The summed E-state index contributed by atoms with van der Waals surface area (Å²) in [5.41, 5.74) is 0.919. The number of amides is 2. The Morgan fingerprint density at radius 2 is 1.72 bits per heavy atom. The quantitative estimate of drug-likeness (QED) is 0.684. The van der Waals surface area contributed by atoms with Gasteiger partial charge >= 0.3 is 0 Å². The molecule has 0 saturated carbocycles. The molecule has 1 aromatic carbocycles. The Bertz CT molecular complexity index is 575. The van der Waals surface area contributed by atoms with Crippen molar-refractivity contribution in [1.82, 2.24) is 15.1 Å². The molecule has 2 amide bonds. The first-order valence-corrected chi connectivity index (χ1v) is 8.25. The summed E-state index contributed by atoms with van der Waals surface area (Å²) in [6, 6.07) is 5.51. The van der Waals surface area contributed by atoms with Gasteiger partial charge in [0.05, 0.1) is 14.2 Å². The van der Waals surface area contributed by atoms with Crippen LogP contribution in [0.4, 0.5) is 0 Å². The highest BCUT2D eigenvalue weighted by Gasteiger charge is 2.12. The van der Waals surface area contributed by atoms with Gasteiger partial charge in [0.1, 0.15) is 0 Å². The van der Waals surface area contributed by atoms with Gasteiger partial charge in [0, 0.05) is 39.5 Å². The van der Waals surface area contributed by atoms with Crippen molar-refractivity contribution in [2.24, 2.45) is 0 Å². The van der Waals surface area contributed by atoms with Crippen molar-refractivity contribution in [2.45, 2.75) is 19.9 Å². The molecule has 0 spiro atoms. The molecule has 0 atom stereocenters. The molecular formula is C18H29N3O4. The Kier molecular flexibility index (Phi) is 8.77. The van der Waals surface area contributed by atoms with E-state index in [0.717, 1.165) is 12.1 Å². The second-order valence-electron chi connectivity index (χ2n) is 6.03. The Balaban J connectivity index is 2.47. The van der Waals surface area contributed by atoms with Gasteiger partial charge in [-0.15, -0.1) is 0 Å². The minimum Gasteiger partial charge on any atom is -0.493 e. The van der Waals surface area contributed by atoms with Crippen LogP contribution in [0.3, 0.4) is 0 Å². The van der Waals surface area contributed by atoms with E-state index in [4.69, 9.17) is 9.47 Å². The zero-order valence-electron chi connectivity index (χ0n) is 15.8. The number of hydrogen-bond donors (Lipinski definition) is 1. The van der Waals surface area contributed by atoms with Crippen molar-refractivity contribution in [3.05, 3.63) is 23.8 Å². The number of carbonyl (C=O) groups is 2. The maximum Gasteiger partial charge on any atom is 0.222 e. The predicted octanol–water partition coefficient (Wildman–Crippen LogP) is 1.12. The number of ether oxygens (including phenoxy) is 2. The minimum absolute atomic E-state index is 0.0189. The standard InChI is InChI=1S/C18H29N3O4/c1-14(22)21(11-10-20(2)3)9-8-18(23)19-13-15-6-7-16(24-4)17(12-15)25-5/h6-7,12H,8-11,13H2,1-5H3,(H,19,23). The van der Waals surface area contributed by atoms with Gasteiger partial charge in [-0.25, -0.2) is 0 Å². The molecule has 0 unspecified atom stereocenters. The van der Waals surface area contributed by atoms with Crippen LogP contribution in [0.15, 0.2) is 18.2 Å². The van der Waals surface area contributed by atoms with E-state index >= 15 is 0 Å². The smallest absolute Gasteiger partial charge is 0.222 e. The number of likely N-dealkylation sites (N-methyl/N-ethyl adjacent to an activating group) is 1. The summed E-state index contributed by atoms with van der Waals surface area (Å²) in [6.45, 7) is 3.73. The van der Waals surface area contributed by atoms with Crippen LogP contribution in [0.25, 0.3) is 0 Å². The molecule has 1 N–H and O–H groups in total. The number of hydrogen-bond acceptors (Lipinski definition) is 5. The van der Waals surface area contributed by atoms with Crippen LogP contribution < -0.4 is 14.8 Å². The molecule has 7 heteroatoms. The van der Waals surface area contributed by atoms with Crippen LogP contribution in [0.5, 0.6) is 11.5 Å². The molecule has 0 heterocycles. The van der Waals surface area contributed by atoms with Crippen molar-refractivity contribution >= 4 is 11.8 Å².